The van der Waals surface area contributed by atoms with E-state index < -0.39 is 0 Å². The summed E-state index contributed by atoms with van der Waals surface area (Å²) in [6, 6.07) is 1.56. The molecule has 1 aliphatic heterocycles. The molecule has 1 saturated carbocycles. The van der Waals surface area contributed by atoms with Crippen molar-refractivity contribution in [1.82, 2.24) is 10.2 Å². The Morgan fingerprint density at radius 3 is 2.44 bits per heavy atom. The van der Waals surface area contributed by atoms with Crippen molar-refractivity contribution in [3.05, 3.63) is 0 Å². The van der Waals surface area contributed by atoms with Gasteiger partial charge in [-0.05, 0) is 56.5 Å². The summed E-state index contributed by atoms with van der Waals surface area (Å²) in [5, 5.41) is 3.72. The highest BCUT2D eigenvalue weighted by molar-refractivity contribution is 4.87. The van der Waals surface area contributed by atoms with Gasteiger partial charge in [0.25, 0.3) is 0 Å². The van der Waals surface area contributed by atoms with E-state index in [2.05, 4.69) is 37.9 Å². The molecule has 1 unspecified atom stereocenters. The lowest BCUT2D eigenvalue weighted by Gasteiger charge is -2.41. The summed E-state index contributed by atoms with van der Waals surface area (Å²) in [5.74, 6) is 0.755. The third-order valence-corrected chi connectivity index (χ3v) is 5.09. The fraction of sp³-hybridized carbons (Fsp3) is 1.00. The molecule has 0 bridgehead atoms. The minimum atomic E-state index is 0.595. The molecule has 1 aliphatic carbocycles. The minimum Gasteiger partial charge on any atom is -0.312 e. The molecule has 18 heavy (non-hydrogen) atoms. The molecule has 106 valence electrons. The first-order chi connectivity index (χ1) is 8.48. The topological polar surface area (TPSA) is 15.3 Å². The molecule has 0 radical (unpaired) electrons. The SMILES string of the molecule is CC(C)C1CN(C2CCC(C)(C)CC2)CCCN1. The molecule has 0 aromatic heterocycles. The van der Waals surface area contributed by atoms with Crippen molar-refractivity contribution in [2.75, 3.05) is 19.6 Å². The van der Waals surface area contributed by atoms with Crippen LogP contribution in [-0.4, -0.2) is 36.6 Å². The lowest BCUT2D eigenvalue weighted by molar-refractivity contribution is 0.101. The van der Waals surface area contributed by atoms with E-state index in [1.165, 1.54) is 51.7 Å². The normalized spacial score (nSPS) is 31.5. The highest BCUT2D eigenvalue weighted by Crippen LogP contribution is 2.37. The van der Waals surface area contributed by atoms with Gasteiger partial charge in [0.05, 0.1) is 0 Å². The van der Waals surface area contributed by atoms with Gasteiger partial charge >= 0.3 is 0 Å². The second-order valence-electron chi connectivity index (χ2n) is 7.55. The second-order valence-corrected chi connectivity index (χ2v) is 7.55. The number of nitrogens with zero attached hydrogens (tertiary/aromatic N) is 1. The molecule has 0 aromatic carbocycles. The predicted molar refractivity (Wildman–Crippen MR) is 78.9 cm³/mol. The molecule has 2 rings (SSSR count). The van der Waals surface area contributed by atoms with Crippen molar-refractivity contribution >= 4 is 0 Å². The summed E-state index contributed by atoms with van der Waals surface area (Å²) in [4.78, 5) is 2.79. The van der Waals surface area contributed by atoms with Crippen LogP contribution in [0.3, 0.4) is 0 Å². The number of hydrogen-bond acceptors (Lipinski definition) is 2. The van der Waals surface area contributed by atoms with Crippen LogP contribution in [0, 0.1) is 11.3 Å². The Bertz CT molecular complexity index is 250. The Kier molecular flexibility index (Phi) is 4.71. The van der Waals surface area contributed by atoms with Crippen LogP contribution in [0.1, 0.15) is 59.8 Å². The Morgan fingerprint density at radius 2 is 1.83 bits per heavy atom. The van der Waals surface area contributed by atoms with Gasteiger partial charge in [-0.3, -0.25) is 4.90 Å². The minimum absolute atomic E-state index is 0.595. The average Bonchev–Trinajstić information content (AvgIpc) is 2.54. The van der Waals surface area contributed by atoms with Crippen molar-refractivity contribution in [1.29, 1.82) is 0 Å². The number of rotatable bonds is 2. The molecule has 2 heteroatoms. The number of hydrogen-bond donors (Lipinski definition) is 1. The van der Waals surface area contributed by atoms with Crippen LogP contribution in [0.2, 0.25) is 0 Å². The largest absolute Gasteiger partial charge is 0.312 e. The molecular formula is C16H32N2. The first kappa shape index (κ1) is 14.3. The van der Waals surface area contributed by atoms with Gasteiger partial charge < -0.3 is 5.32 Å². The zero-order chi connectivity index (χ0) is 13.2. The zero-order valence-electron chi connectivity index (χ0n) is 12.8. The van der Waals surface area contributed by atoms with Crippen LogP contribution in [0.5, 0.6) is 0 Å². The Morgan fingerprint density at radius 1 is 1.17 bits per heavy atom. The maximum Gasteiger partial charge on any atom is 0.0218 e. The smallest absolute Gasteiger partial charge is 0.0218 e. The highest BCUT2D eigenvalue weighted by atomic mass is 15.2. The summed E-state index contributed by atoms with van der Waals surface area (Å²) in [6.45, 7) is 13.4. The van der Waals surface area contributed by atoms with Gasteiger partial charge in [-0.15, -0.1) is 0 Å². The molecule has 2 fully saturated rings. The van der Waals surface area contributed by atoms with E-state index in [1.807, 2.05) is 0 Å². The van der Waals surface area contributed by atoms with E-state index in [0.717, 1.165) is 12.0 Å². The molecule has 0 aromatic rings. The lowest BCUT2D eigenvalue weighted by Crippen LogP contribution is -2.46. The maximum atomic E-state index is 3.72. The summed E-state index contributed by atoms with van der Waals surface area (Å²) in [5.41, 5.74) is 0.595. The fourth-order valence-corrected chi connectivity index (χ4v) is 3.51. The van der Waals surface area contributed by atoms with E-state index in [1.54, 1.807) is 0 Å². The van der Waals surface area contributed by atoms with E-state index in [-0.39, 0.29) is 0 Å². The molecule has 0 spiro atoms. The van der Waals surface area contributed by atoms with Crippen molar-refractivity contribution in [3.63, 3.8) is 0 Å². The van der Waals surface area contributed by atoms with Crippen LogP contribution in [0.15, 0.2) is 0 Å². The molecule has 1 atom stereocenters. The Balaban J connectivity index is 1.91. The average molecular weight is 252 g/mol. The van der Waals surface area contributed by atoms with E-state index >= 15 is 0 Å². The van der Waals surface area contributed by atoms with Gasteiger partial charge in [-0.25, -0.2) is 0 Å². The predicted octanol–water partition coefficient (Wildman–Crippen LogP) is 3.28. The first-order valence-corrected chi connectivity index (χ1v) is 7.95. The molecular weight excluding hydrogens is 220 g/mol. The summed E-state index contributed by atoms with van der Waals surface area (Å²) in [6.07, 6.45) is 6.97. The molecule has 1 heterocycles. The quantitative estimate of drug-likeness (QED) is 0.811. The van der Waals surface area contributed by atoms with Crippen molar-refractivity contribution in [2.45, 2.75) is 71.9 Å². The van der Waals surface area contributed by atoms with Gasteiger partial charge in [0, 0.05) is 18.6 Å². The molecule has 2 aliphatic rings. The van der Waals surface area contributed by atoms with Crippen LogP contribution in [0.25, 0.3) is 0 Å². The third-order valence-electron chi connectivity index (χ3n) is 5.09. The summed E-state index contributed by atoms with van der Waals surface area (Å²) < 4.78 is 0. The lowest BCUT2D eigenvalue weighted by atomic mass is 9.75. The van der Waals surface area contributed by atoms with Crippen molar-refractivity contribution in [2.24, 2.45) is 11.3 Å². The van der Waals surface area contributed by atoms with Crippen molar-refractivity contribution < 1.29 is 0 Å². The van der Waals surface area contributed by atoms with Crippen LogP contribution >= 0.6 is 0 Å². The molecule has 1 N–H and O–H groups in total. The Hall–Kier alpha value is -0.0800. The van der Waals surface area contributed by atoms with Crippen LogP contribution in [0.4, 0.5) is 0 Å². The van der Waals surface area contributed by atoms with Gasteiger partial charge in [-0.2, -0.15) is 0 Å². The van der Waals surface area contributed by atoms with Gasteiger partial charge in [0.15, 0.2) is 0 Å². The van der Waals surface area contributed by atoms with Gasteiger partial charge in [0.2, 0.25) is 0 Å². The van der Waals surface area contributed by atoms with Gasteiger partial charge in [-0.1, -0.05) is 27.7 Å². The van der Waals surface area contributed by atoms with Crippen LogP contribution in [-0.2, 0) is 0 Å². The van der Waals surface area contributed by atoms with Crippen molar-refractivity contribution in [3.8, 4) is 0 Å². The van der Waals surface area contributed by atoms with E-state index in [0.29, 0.717) is 11.5 Å². The van der Waals surface area contributed by atoms with Gasteiger partial charge in [0.1, 0.15) is 0 Å². The summed E-state index contributed by atoms with van der Waals surface area (Å²) in [7, 11) is 0. The number of nitrogens with one attached hydrogen (secondary N) is 1. The Labute approximate surface area is 114 Å². The molecule has 2 nitrogen and oxygen atoms in total. The van der Waals surface area contributed by atoms with E-state index in [9.17, 15) is 0 Å². The van der Waals surface area contributed by atoms with E-state index in [4.69, 9.17) is 0 Å². The maximum absolute atomic E-state index is 3.72. The standard InChI is InChI=1S/C16H32N2/c1-13(2)15-12-18(11-5-10-17-15)14-6-8-16(3,4)9-7-14/h13-15,17H,5-12H2,1-4H3. The first-order valence-electron chi connectivity index (χ1n) is 7.95. The second kappa shape index (κ2) is 5.92. The zero-order valence-corrected chi connectivity index (χ0v) is 12.8. The highest BCUT2D eigenvalue weighted by Gasteiger charge is 2.32. The molecule has 0 amide bonds. The third kappa shape index (κ3) is 3.71. The fourth-order valence-electron chi connectivity index (χ4n) is 3.51. The monoisotopic (exact) mass is 252 g/mol. The van der Waals surface area contributed by atoms with Crippen LogP contribution < -0.4 is 5.32 Å². The molecule has 1 saturated heterocycles. The summed E-state index contributed by atoms with van der Waals surface area (Å²) >= 11 is 0.